The van der Waals surface area contributed by atoms with Crippen LogP contribution in [0.25, 0.3) is 0 Å². The van der Waals surface area contributed by atoms with Crippen molar-refractivity contribution in [3.05, 3.63) is 207 Å². The average Bonchev–Trinajstić information content (AvgIpc) is 0.923. The predicted octanol–water partition coefficient (Wildman–Crippen LogP) is 21.5. The van der Waals surface area contributed by atoms with Gasteiger partial charge in [0.05, 0.1) is 39.3 Å². The molecule has 0 aromatic rings. The number of hydrogen-bond acceptors (Lipinski definition) is 15. The third-order valence-corrected chi connectivity index (χ3v) is 16.2. The van der Waals surface area contributed by atoms with Crippen LogP contribution in [-0.4, -0.2) is 96.7 Å². The maximum atomic E-state index is 13.1. The number of allylic oxidation sites excluding steroid dienone is 32. The summed E-state index contributed by atoms with van der Waals surface area (Å²) in [5.74, 6) is -2.59. The molecule has 5 unspecified atom stereocenters. The number of rotatable bonds is 67. The zero-order chi connectivity index (χ0) is 74.6. The van der Waals surface area contributed by atoms with Crippen LogP contribution in [0.1, 0.15) is 233 Å². The molecule has 0 fully saturated rings. The summed E-state index contributed by atoms with van der Waals surface area (Å²) in [5.41, 5.74) is 0. The second-order valence-electron chi connectivity index (χ2n) is 23.8. The van der Waals surface area contributed by atoms with Crippen LogP contribution in [0.3, 0.4) is 0 Å². The Morgan fingerprint density at radius 1 is 0.294 bits per heavy atom. The van der Waals surface area contributed by atoms with Gasteiger partial charge in [-0.3, -0.25) is 37.3 Å². The highest BCUT2D eigenvalue weighted by atomic mass is 31.2. The van der Waals surface area contributed by atoms with E-state index in [1.165, 1.54) is 19.3 Å². The number of phosphoric ester groups is 2. The highest BCUT2D eigenvalue weighted by Gasteiger charge is 2.30. The summed E-state index contributed by atoms with van der Waals surface area (Å²) < 4.78 is 68.1. The van der Waals surface area contributed by atoms with E-state index in [1.807, 2.05) is 42.5 Å². The lowest BCUT2D eigenvalue weighted by atomic mass is 10.1. The summed E-state index contributed by atoms with van der Waals surface area (Å²) in [5, 5.41) is 10.6. The summed E-state index contributed by atoms with van der Waals surface area (Å²) in [4.78, 5) is 72.7. The van der Waals surface area contributed by atoms with Crippen molar-refractivity contribution in [3.63, 3.8) is 0 Å². The first kappa shape index (κ1) is 95.6. The maximum Gasteiger partial charge on any atom is 0.472 e. The zero-order valence-corrected chi connectivity index (χ0v) is 64.0. The third kappa shape index (κ3) is 72.0. The Kier molecular flexibility index (Phi) is 68.4. The van der Waals surface area contributed by atoms with E-state index in [4.69, 9.17) is 37.0 Å². The van der Waals surface area contributed by atoms with Gasteiger partial charge in [-0.05, 0) is 148 Å². The number of ether oxygens (including phenoxy) is 4. The van der Waals surface area contributed by atoms with E-state index in [2.05, 4.69) is 174 Å². The minimum absolute atomic E-state index is 0.0470. The van der Waals surface area contributed by atoms with Crippen molar-refractivity contribution in [2.75, 3.05) is 39.6 Å². The van der Waals surface area contributed by atoms with E-state index in [9.17, 15) is 43.2 Å². The zero-order valence-electron chi connectivity index (χ0n) is 62.2. The van der Waals surface area contributed by atoms with Gasteiger partial charge in [-0.15, -0.1) is 0 Å². The normalized spacial score (nSPS) is 15.1. The van der Waals surface area contributed by atoms with Crippen molar-refractivity contribution < 1.29 is 80.2 Å². The monoisotopic (exact) mass is 1460 g/mol. The molecule has 0 amide bonds. The quantitative estimate of drug-likeness (QED) is 0.0169. The second-order valence-corrected chi connectivity index (χ2v) is 26.7. The van der Waals surface area contributed by atoms with Gasteiger partial charge in [0.1, 0.15) is 19.3 Å². The van der Waals surface area contributed by atoms with Gasteiger partial charge in [0.2, 0.25) is 0 Å². The molecule has 0 radical (unpaired) electrons. The summed E-state index contributed by atoms with van der Waals surface area (Å²) in [6.45, 7) is 4.13. The molecule has 17 nitrogen and oxygen atoms in total. The lowest BCUT2D eigenvalue weighted by molar-refractivity contribution is -0.160. The van der Waals surface area contributed by atoms with Gasteiger partial charge < -0.3 is 33.8 Å². The molecule has 0 saturated heterocycles. The highest BCUT2D eigenvalue weighted by molar-refractivity contribution is 7.47. The minimum atomic E-state index is -5.03. The van der Waals surface area contributed by atoms with E-state index in [1.54, 1.807) is 18.2 Å². The molecule has 0 heterocycles. The number of hydrogen-bond donors (Lipinski definition) is 3. The van der Waals surface area contributed by atoms with Crippen LogP contribution in [0.5, 0.6) is 0 Å². The molecule has 19 heteroatoms. The van der Waals surface area contributed by atoms with Gasteiger partial charge in [-0.1, -0.05) is 266 Å². The maximum absolute atomic E-state index is 13.1. The van der Waals surface area contributed by atoms with E-state index >= 15 is 0 Å². The molecule has 102 heavy (non-hydrogen) atoms. The number of aliphatic hydroxyl groups excluding tert-OH is 1. The molecule has 0 aliphatic carbocycles. The molecular weight excluding hydrogens is 1330 g/mol. The van der Waals surface area contributed by atoms with Crippen molar-refractivity contribution in [3.8, 4) is 0 Å². The summed E-state index contributed by atoms with van der Waals surface area (Å²) >= 11 is 0. The van der Waals surface area contributed by atoms with Crippen molar-refractivity contribution in [2.45, 2.75) is 251 Å². The van der Waals surface area contributed by atoms with Crippen LogP contribution in [0.4, 0.5) is 0 Å². The summed E-state index contributed by atoms with van der Waals surface area (Å²) in [6.07, 6.45) is 90.4. The Morgan fingerprint density at radius 2 is 0.569 bits per heavy atom. The Bertz CT molecular complexity index is 2750. The molecular formula is C83H128O17P2. The van der Waals surface area contributed by atoms with Crippen LogP contribution in [0.15, 0.2) is 207 Å². The number of aliphatic hydroxyl groups is 1. The van der Waals surface area contributed by atoms with Crippen LogP contribution >= 0.6 is 15.6 Å². The lowest BCUT2D eigenvalue weighted by Gasteiger charge is -2.21. The first-order chi connectivity index (χ1) is 49.7. The van der Waals surface area contributed by atoms with E-state index in [-0.39, 0.29) is 25.7 Å². The summed E-state index contributed by atoms with van der Waals surface area (Å²) in [7, 11) is -10.0. The smallest absolute Gasteiger partial charge is 0.462 e. The molecule has 572 valence electrons. The molecule has 0 aromatic carbocycles. The standard InChI is InChI=1S/C83H128O17P2/c1-5-9-13-17-21-25-29-33-37-38-42-44-48-52-56-60-64-68-81(86)94-74-79(100-83(88)70-66-62-58-54-50-46-41-36-32-28-24-20-16-12-8-4)76-98-102(91,92)96-72-77(84)71-95-101(89,90)97-75-78(99-82(87)69-65-61-57-53-49-45-40-35-31-27-23-19-15-11-7-3)73-93-80(85)67-63-59-55-51-47-43-39-34-30-26-22-18-14-10-6-2/h9-10,12-14,16,21-28,33-37,39-42,44,47,50-52,54,56,59,62-63,66,77-79,84H,5-8,11,15,17-20,29-32,38,43,45-46,48-49,53,55,57-58,60-61,64-65,67-76H2,1-4H3,(H,89,90)(H,91,92)/b13-9-,14-10-,16-12-,25-21-,26-22-,27-23-,28-24-,37-33-,39-34-,40-35-,41-36-,44-42-,51-47-,54-50-,56-52-,63-59-,66-62-. The first-order valence-electron chi connectivity index (χ1n) is 37.3. The van der Waals surface area contributed by atoms with Crippen LogP contribution in [0.2, 0.25) is 0 Å². The van der Waals surface area contributed by atoms with Crippen molar-refractivity contribution >= 4 is 39.5 Å². The second kappa shape index (κ2) is 73.0. The summed E-state index contributed by atoms with van der Waals surface area (Å²) in [6, 6.07) is 0. The van der Waals surface area contributed by atoms with E-state index < -0.39 is 97.5 Å². The predicted molar refractivity (Wildman–Crippen MR) is 417 cm³/mol. The topological polar surface area (TPSA) is 237 Å². The number of esters is 4. The Morgan fingerprint density at radius 3 is 0.941 bits per heavy atom. The molecule has 3 N–H and O–H groups in total. The number of carbonyl (C=O) groups excluding carboxylic acids is 4. The Balaban J connectivity index is 5.59. The molecule has 0 rings (SSSR count). The van der Waals surface area contributed by atoms with Crippen LogP contribution in [-0.2, 0) is 65.4 Å². The minimum Gasteiger partial charge on any atom is -0.462 e. The Labute approximate surface area is 614 Å². The van der Waals surface area contributed by atoms with Gasteiger partial charge in [0.25, 0.3) is 0 Å². The molecule has 0 spiro atoms. The van der Waals surface area contributed by atoms with E-state index in [0.29, 0.717) is 32.1 Å². The van der Waals surface area contributed by atoms with Gasteiger partial charge in [-0.25, -0.2) is 9.13 Å². The number of carbonyl (C=O) groups is 4. The number of unbranched alkanes of at least 4 members (excludes halogenated alkanes) is 9. The lowest BCUT2D eigenvalue weighted by Crippen LogP contribution is -2.30. The fraction of sp³-hybridized carbons (Fsp3) is 0.542. The fourth-order valence-electron chi connectivity index (χ4n) is 8.73. The van der Waals surface area contributed by atoms with Crippen molar-refractivity contribution in [2.24, 2.45) is 0 Å². The SMILES string of the molecule is CC/C=C\C/C=C\C/C=C\C/C=C\C/C=C\CCCC(=O)OCC(COP(=O)(O)OCC(O)COP(=O)(O)OCC(COC(=O)C/C=C\C/C=C\C/C=C\C/C=C\C/C=C\CC)OC(=O)CCCCCCC/C=C\C/C=C\CCCCC)OC(=O)C/C=C\C/C=C\C/C=C\C/C=C\C/C=C\CC. The van der Waals surface area contributed by atoms with Crippen LogP contribution < -0.4 is 0 Å². The molecule has 0 saturated carbocycles. The van der Waals surface area contributed by atoms with Gasteiger partial charge >= 0.3 is 39.5 Å². The largest absolute Gasteiger partial charge is 0.472 e. The average molecular weight is 1460 g/mol. The number of phosphoric acid groups is 2. The molecule has 5 atom stereocenters. The molecule has 0 aromatic heterocycles. The molecule has 0 aliphatic rings. The van der Waals surface area contributed by atoms with Crippen LogP contribution in [0, 0.1) is 0 Å². The molecule has 0 bridgehead atoms. The van der Waals surface area contributed by atoms with Crippen molar-refractivity contribution in [1.29, 1.82) is 0 Å². The first-order valence-corrected chi connectivity index (χ1v) is 40.3. The van der Waals surface area contributed by atoms with Gasteiger partial charge in [0.15, 0.2) is 12.2 Å². The fourth-order valence-corrected chi connectivity index (χ4v) is 10.3. The van der Waals surface area contributed by atoms with Gasteiger partial charge in [0, 0.05) is 12.8 Å². The third-order valence-electron chi connectivity index (χ3n) is 14.3. The van der Waals surface area contributed by atoms with E-state index in [0.717, 1.165) is 128 Å². The van der Waals surface area contributed by atoms with Crippen molar-refractivity contribution in [1.82, 2.24) is 0 Å². The highest BCUT2D eigenvalue weighted by Crippen LogP contribution is 2.45. The molecule has 0 aliphatic heterocycles. The Hall–Kier alpha value is -6.36. The van der Waals surface area contributed by atoms with Gasteiger partial charge in [-0.2, -0.15) is 0 Å².